The molecule has 1 aromatic rings. The molecule has 1 heterocycles. The Hall–Kier alpha value is -0.830. The second-order valence-corrected chi connectivity index (χ2v) is 4.14. The van der Waals surface area contributed by atoms with Crippen LogP contribution in [0.15, 0.2) is 12.4 Å². The minimum absolute atomic E-state index is 0.788. The van der Waals surface area contributed by atoms with Crippen LogP contribution in [0, 0.1) is 5.92 Å². The summed E-state index contributed by atoms with van der Waals surface area (Å²) in [5.74, 6) is 1.94. The average molecular weight is 195 g/mol. The van der Waals surface area contributed by atoms with Gasteiger partial charge < -0.3 is 9.88 Å². The molecule has 0 unspecified atom stereocenters. The maximum atomic E-state index is 4.27. The first kappa shape index (κ1) is 11.2. The van der Waals surface area contributed by atoms with E-state index < -0.39 is 0 Å². The van der Waals surface area contributed by atoms with Crippen LogP contribution in [0.4, 0.5) is 0 Å². The monoisotopic (exact) mass is 195 g/mol. The summed E-state index contributed by atoms with van der Waals surface area (Å²) in [4.78, 5) is 4.27. The minimum Gasteiger partial charge on any atom is -0.338 e. The fraction of sp³-hybridized carbons (Fsp3) is 0.727. The Kier molecular flexibility index (Phi) is 4.66. The van der Waals surface area contributed by atoms with E-state index in [1.807, 2.05) is 19.4 Å². The number of aryl methyl sites for hydroxylation is 1. The van der Waals surface area contributed by atoms with Gasteiger partial charge in [-0.1, -0.05) is 13.8 Å². The van der Waals surface area contributed by atoms with Gasteiger partial charge in [-0.05, 0) is 18.9 Å². The lowest BCUT2D eigenvalue weighted by atomic mass is 10.1. The van der Waals surface area contributed by atoms with Gasteiger partial charge in [0.05, 0.1) is 0 Å². The molecule has 0 amide bonds. The van der Waals surface area contributed by atoms with Gasteiger partial charge in [0, 0.05) is 32.4 Å². The number of rotatable bonds is 6. The summed E-state index contributed by atoms with van der Waals surface area (Å²) in [5.41, 5.74) is 0. The number of hydrogen-bond donors (Lipinski definition) is 1. The van der Waals surface area contributed by atoms with Gasteiger partial charge >= 0.3 is 0 Å². The molecule has 0 fully saturated rings. The van der Waals surface area contributed by atoms with E-state index >= 15 is 0 Å². The molecule has 14 heavy (non-hydrogen) atoms. The van der Waals surface area contributed by atoms with E-state index in [-0.39, 0.29) is 0 Å². The van der Waals surface area contributed by atoms with Crippen molar-refractivity contribution in [3.05, 3.63) is 18.2 Å². The van der Waals surface area contributed by atoms with E-state index in [1.54, 1.807) is 0 Å². The Morgan fingerprint density at radius 2 is 2.21 bits per heavy atom. The molecule has 0 saturated carbocycles. The molecule has 0 radical (unpaired) electrons. The first-order valence-corrected chi connectivity index (χ1v) is 5.37. The fourth-order valence-corrected chi connectivity index (χ4v) is 1.35. The summed E-state index contributed by atoms with van der Waals surface area (Å²) in [6.45, 7) is 6.64. The third kappa shape index (κ3) is 3.92. The van der Waals surface area contributed by atoms with Gasteiger partial charge in [0.1, 0.15) is 5.82 Å². The lowest BCUT2D eigenvalue weighted by Gasteiger charge is -2.06. The lowest BCUT2D eigenvalue weighted by Crippen LogP contribution is -2.20. The predicted molar refractivity (Wildman–Crippen MR) is 59.2 cm³/mol. The Balaban J connectivity index is 2.08. The molecule has 0 aromatic carbocycles. The Morgan fingerprint density at radius 1 is 1.43 bits per heavy atom. The third-order valence-corrected chi connectivity index (χ3v) is 2.34. The maximum Gasteiger partial charge on any atom is 0.109 e. The summed E-state index contributed by atoms with van der Waals surface area (Å²) < 4.78 is 2.07. The molecule has 0 bridgehead atoms. The zero-order chi connectivity index (χ0) is 10.4. The van der Waals surface area contributed by atoms with Crippen LogP contribution in [-0.2, 0) is 13.5 Å². The number of imidazole rings is 1. The van der Waals surface area contributed by atoms with Crippen molar-refractivity contribution in [2.24, 2.45) is 13.0 Å². The molecule has 1 rings (SSSR count). The van der Waals surface area contributed by atoms with E-state index in [4.69, 9.17) is 0 Å². The molecule has 0 aliphatic carbocycles. The molecule has 0 atom stereocenters. The second-order valence-electron chi connectivity index (χ2n) is 4.14. The lowest BCUT2D eigenvalue weighted by molar-refractivity contribution is 0.535. The Morgan fingerprint density at radius 3 is 2.79 bits per heavy atom. The molecule has 0 saturated heterocycles. The van der Waals surface area contributed by atoms with Crippen molar-refractivity contribution in [3.8, 4) is 0 Å². The fourth-order valence-electron chi connectivity index (χ4n) is 1.35. The van der Waals surface area contributed by atoms with E-state index in [1.165, 1.54) is 6.42 Å². The van der Waals surface area contributed by atoms with Crippen molar-refractivity contribution in [3.63, 3.8) is 0 Å². The smallest absolute Gasteiger partial charge is 0.109 e. The third-order valence-electron chi connectivity index (χ3n) is 2.34. The summed E-state index contributed by atoms with van der Waals surface area (Å²) in [6, 6.07) is 0. The van der Waals surface area contributed by atoms with E-state index in [9.17, 15) is 0 Å². The van der Waals surface area contributed by atoms with Crippen molar-refractivity contribution in [1.29, 1.82) is 0 Å². The molecule has 0 aliphatic rings. The quantitative estimate of drug-likeness (QED) is 0.699. The summed E-state index contributed by atoms with van der Waals surface area (Å²) in [5, 5.41) is 3.43. The van der Waals surface area contributed by atoms with Crippen LogP contribution in [0.25, 0.3) is 0 Å². The van der Waals surface area contributed by atoms with Crippen molar-refractivity contribution in [2.75, 3.05) is 13.1 Å². The number of aromatic nitrogens is 2. The maximum absolute atomic E-state index is 4.27. The van der Waals surface area contributed by atoms with Gasteiger partial charge in [0.15, 0.2) is 0 Å². The van der Waals surface area contributed by atoms with Crippen LogP contribution in [0.1, 0.15) is 26.1 Å². The van der Waals surface area contributed by atoms with Gasteiger partial charge in [-0.15, -0.1) is 0 Å². The van der Waals surface area contributed by atoms with E-state index in [2.05, 4.69) is 28.7 Å². The molecular weight excluding hydrogens is 174 g/mol. The van der Waals surface area contributed by atoms with E-state index in [0.717, 1.165) is 31.3 Å². The summed E-state index contributed by atoms with van der Waals surface area (Å²) in [7, 11) is 2.04. The van der Waals surface area contributed by atoms with Crippen LogP contribution in [0.2, 0.25) is 0 Å². The summed E-state index contributed by atoms with van der Waals surface area (Å²) in [6.07, 6.45) is 6.11. The molecule has 1 aromatic heterocycles. The number of hydrogen-bond acceptors (Lipinski definition) is 2. The van der Waals surface area contributed by atoms with Crippen LogP contribution >= 0.6 is 0 Å². The number of nitrogens with zero attached hydrogens (tertiary/aromatic N) is 2. The SMILES string of the molecule is CC(C)CCNCCc1nccn1C. The van der Waals surface area contributed by atoms with Gasteiger partial charge in [-0.3, -0.25) is 0 Å². The molecule has 1 N–H and O–H groups in total. The predicted octanol–water partition coefficient (Wildman–Crippen LogP) is 1.60. The first-order valence-electron chi connectivity index (χ1n) is 5.37. The van der Waals surface area contributed by atoms with Gasteiger partial charge in [-0.25, -0.2) is 4.98 Å². The minimum atomic E-state index is 0.788. The topological polar surface area (TPSA) is 29.9 Å². The standard InChI is InChI=1S/C11H21N3/c1-10(2)4-6-12-7-5-11-13-8-9-14(11)3/h8-10,12H,4-7H2,1-3H3. The molecule has 3 nitrogen and oxygen atoms in total. The zero-order valence-corrected chi connectivity index (χ0v) is 9.45. The van der Waals surface area contributed by atoms with Gasteiger partial charge in [-0.2, -0.15) is 0 Å². The van der Waals surface area contributed by atoms with Crippen molar-refractivity contribution in [1.82, 2.24) is 14.9 Å². The van der Waals surface area contributed by atoms with Gasteiger partial charge in [0.2, 0.25) is 0 Å². The highest BCUT2D eigenvalue weighted by molar-refractivity contribution is 4.91. The largest absolute Gasteiger partial charge is 0.338 e. The molecule has 0 aliphatic heterocycles. The first-order chi connectivity index (χ1) is 6.70. The highest BCUT2D eigenvalue weighted by atomic mass is 15.0. The van der Waals surface area contributed by atoms with Crippen LogP contribution in [0.5, 0.6) is 0 Å². The normalized spacial score (nSPS) is 11.1. The van der Waals surface area contributed by atoms with Crippen LogP contribution < -0.4 is 5.32 Å². The van der Waals surface area contributed by atoms with Crippen LogP contribution in [-0.4, -0.2) is 22.6 Å². The summed E-state index contributed by atoms with van der Waals surface area (Å²) >= 11 is 0. The molecule has 3 heteroatoms. The zero-order valence-electron chi connectivity index (χ0n) is 9.45. The Bertz CT molecular complexity index is 253. The highest BCUT2D eigenvalue weighted by Gasteiger charge is 1.98. The van der Waals surface area contributed by atoms with Crippen molar-refractivity contribution in [2.45, 2.75) is 26.7 Å². The average Bonchev–Trinajstić information content (AvgIpc) is 2.51. The highest BCUT2D eigenvalue weighted by Crippen LogP contribution is 1.97. The molecule has 0 spiro atoms. The molecular formula is C11H21N3. The Labute approximate surface area is 86.5 Å². The van der Waals surface area contributed by atoms with E-state index in [0.29, 0.717) is 0 Å². The number of nitrogens with one attached hydrogen (secondary N) is 1. The van der Waals surface area contributed by atoms with Crippen LogP contribution in [0.3, 0.4) is 0 Å². The van der Waals surface area contributed by atoms with Gasteiger partial charge in [0.25, 0.3) is 0 Å². The van der Waals surface area contributed by atoms with Crippen molar-refractivity contribution < 1.29 is 0 Å². The molecule has 80 valence electrons. The van der Waals surface area contributed by atoms with Crippen molar-refractivity contribution >= 4 is 0 Å². The second kappa shape index (κ2) is 5.81.